The van der Waals surface area contributed by atoms with Gasteiger partial charge in [0.15, 0.2) is 6.10 Å². The van der Waals surface area contributed by atoms with Gasteiger partial charge in [0.05, 0.1) is 5.56 Å². The number of benzene rings is 1. The Kier molecular flexibility index (Phi) is 5.55. The monoisotopic (exact) mass is 263 g/mol. The summed E-state index contributed by atoms with van der Waals surface area (Å²) in [6, 6.07) is 5.57. The number of rotatable bonds is 5. The first-order valence-electron chi connectivity index (χ1n) is 6.51. The topological polar surface area (TPSA) is 55.4 Å². The van der Waals surface area contributed by atoms with Crippen molar-refractivity contribution in [3.05, 3.63) is 34.9 Å². The standard InChI is InChI=1S/C15H21NO3/c1-5-8-16-14(17)12(4)19-15(18)13-9-10(2)6-7-11(13)3/h6-7,9,12H,5,8H2,1-4H3,(H,16,17). The Bertz CT molecular complexity index is 468. The van der Waals surface area contributed by atoms with E-state index in [9.17, 15) is 9.59 Å². The van der Waals surface area contributed by atoms with Crippen LogP contribution in [0.15, 0.2) is 18.2 Å². The highest BCUT2D eigenvalue weighted by molar-refractivity contribution is 5.93. The Labute approximate surface area is 114 Å². The van der Waals surface area contributed by atoms with Crippen LogP contribution in [0, 0.1) is 13.8 Å². The quantitative estimate of drug-likeness (QED) is 0.830. The van der Waals surface area contributed by atoms with Gasteiger partial charge in [-0.1, -0.05) is 24.6 Å². The molecule has 4 nitrogen and oxygen atoms in total. The second-order valence-corrected chi connectivity index (χ2v) is 4.66. The summed E-state index contributed by atoms with van der Waals surface area (Å²) >= 11 is 0. The summed E-state index contributed by atoms with van der Waals surface area (Å²) in [6.07, 6.45) is 0.0719. The predicted molar refractivity (Wildman–Crippen MR) is 74.1 cm³/mol. The summed E-state index contributed by atoms with van der Waals surface area (Å²) in [5.74, 6) is -0.721. The smallest absolute Gasteiger partial charge is 0.339 e. The molecular formula is C15H21NO3. The molecule has 0 aliphatic rings. The van der Waals surface area contributed by atoms with E-state index in [0.717, 1.165) is 17.5 Å². The Morgan fingerprint density at radius 1 is 1.32 bits per heavy atom. The Morgan fingerprint density at radius 2 is 2.00 bits per heavy atom. The van der Waals surface area contributed by atoms with Gasteiger partial charge >= 0.3 is 5.97 Å². The van der Waals surface area contributed by atoms with Crippen molar-refractivity contribution >= 4 is 11.9 Å². The summed E-state index contributed by atoms with van der Waals surface area (Å²) < 4.78 is 5.18. The highest BCUT2D eigenvalue weighted by Gasteiger charge is 2.19. The fourth-order valence-electron chi connectivity index (χ4n) is 1.63. The minimum Gasteiger partial charge on any atom is -0.449 e. The van der Waals surface area contributed by atoms with Crippen LogP contribution < -0.4 is 5.32 Å². The van der Waals surface area contributed by atoms with Crippen LogP contribution in [0.4, 0.5) is 0 Å². The SMILES string of the molecule is CCCNC(=O)C(C)OC(=O)c1cc(C)ccc1C. The number of esters is 1. The molecule has 1 rings (SSSR count). The van der Waals surface area contributed by atoms with E-state index in [1.807, 2.05) is 32.9 Å². The third-order valence-electron chi connectivity index (χ3n) is 2.82. The van der Waals surface area contributed by atoms with E-state index in [0.29, 0.717) is 12.1 Å². The molecule has 104 valence electrons. The number of amides is 1. The molecule has 0 fully saturated rings. The van der Waals surface area contributed by atoms with Crippen molar-refractivity contribution in [2.24, 2.45) is 0 Å². The van der Waals surface area contributed by atoms with Crippen LogP contribution in [0.2, 0.25) is 0 Å². The van der Waals surface area contributed by atoms with Gasteiger partial charge < -0.3 is 10.1 Å². The zero-order chi connectivity index (χ0) is 14.4. The van der Waals surface area contributed by atoms with Crippen LogP contribution >= 0.6 is 0 Å². The van der Waals surface area contributed by atoms with Crippen molar-refractivity contribution in [1.29, 1.82) is 0 Å². The summed E-state index contributed by atoms with van der Waals surface area (Å²) in [6.45, 7) is 7.89. The van der Waals surface area contributed by atoms with Crippen LogP contribution in [0.5, 0.6) is 0 Å². The van der Waals surface area contributed by atoms with Gasteiger partial charge in [0.2, 0.25) is 0 Å². The molecule has 0 bridgehead atoms. The number of ether oxygens (including phenoxy) is 1. The van der Waals surface area contributed by atoms with Crippen molar-refractivity contribution in [2.75, 3.05) is 6.54 Å². The summed E-state index contributed by atoms with van der Waals surface area (Å²) in [4.78, 5) is 23.6. The number of hydrogen-bond acceptors (Lipinski definition) is 3. The molecule has 1 unspecified atom stereocenters. The average molecular weight is 263 g/mol. The van der Waals surface area contributed by atoms with E-state index in [1.54, 1.807) is 13.0 Å². The largest absolute Gasteiger partial charge is 0.449 e. The third kappa shape index (κ3) is 4.39. The van der Waals surface area contributed by atoms with Gasteiger partial charge in [-0.25, -0.2) is 4.79 Å². The van der Waals surface area contributed by atoms with Gasteiger partial charge in [-0.2, -0.15) is 0 Å². The van der Waals surface area contributed by atoms with Gasteiger partial charge in [0.1, 0.15) is 0 Å². The molecule has 1 aromatic carbocycles. The molecule has 0 spiro atoms. The van der Waals surface area contributed by atoms with E-state index >= 15 is 0 Å². The highest BCUT2D eigenvalue weighted by atomic mass is 16.5. The van der Waals surface area contributed by atoms with Crippen LogP contribution in [-0.4, -0.2) is 24.5 Å². The number of hydrogen-bond donors (Lipinski definition) is 1. The van der Waals surface area contributed by atoms with Crippen molar-refractivity contribution in [3.8, 4) is 0 Å². The van der Waals surface area contributed by atoms with E-state index in [4.69, 9.17) is 4.74 Å². The summed E-state index contributed by atoms with van der Waals surface area (Å²) in [5.41, 5.74) is 2.34. The van der Waals surface area contributed by atoms with Gasteiger partial charge in [0.25, 0.3) is 5.91 Å². The molecule has 4 heteroatoms. The number of aryl methyl sites for hydroxylation is 2. The predicted octanol–water partition coefficient (Wildman–Crippen LogP) is 2.37. The van der Waals surface area contributed by atoms with E-state index < -0.39 is 12.1 Å². The molecule has 0 saturated heterocycles. The zero-order valence-corrected chi connectivity index (χ0v) is 11.9. The van der Waals surface area contributed by atoms with Crippen molar-refractivity contribution in [1.82, 2.24) is 5.32 Å². The minimum absolute atomic E-state index is 0.263. The van der Waals surface area contributed by atoms with E-state index in [1.165, 1.54) is 0 Å². The number of carbonyl (C=O) groups is 2. The lowest BCUT2D eigenvalue weighted by molar-refractivity contribution is -0.129. The maximum absolute atomic E-state index is 12.0. The molecule has 0 aromatic heterocycles. The second-order valence-electron chi connectivity index (χ2n) is 4.66. The van der Waals surface area contributed by atoms with Gasteiger partial charge in [-0.15, -0.1) is 0 Å². The second kappa shape index (κ2) is 6.92. The molecule has 0 saturated carbocycles. The van der Waals surface area contributed by atoms with E-state index in [-0.39, 0.29) is 5.91 Å². The van der Waals surface area contributed by atoms with Crippen LogP contribution in [0.3, 0.4) is 0 Å². The summed E-state index contributed by atoms with van der Waals surface area (Å²) in [7, 11) is 0. The van der Waals surface area contributed by atoms with Crippen molar-refractivity contribution in [2.45, 2.75) is 40.2 Å². The molecular weight excluding hydrogens is 242 g/mol. The first-order valence-corrected chi connectivity index (χ1v) is 6.51. The summed E-state index contributed by atoms with van der Waals surface area (Å²) in [5, 5.41) is 2.70. The first kappa shape index (κ1) is 15.2. The Hall–Kier alpha value is -1.84. The first-order chi connectivity index (χ1) is 8.95. The minimum atomic E-state index is -0.779. The molecule has 1 atom stereocenters. The fourth-order valence-corrected chi connectivity index (χ4v) is 1.63. The van der Waals surface area contributed by atoms with Gasteiger partial charge in [-0.3, -0.25) is 4.79 Å². The van der Waals surface area contributed by atoms with Crippen molar-refractivity contribution < 1.29 is 14.3 Å². The molecule has 0 radical (unpaired) electrons. The third-order valence-corrected chi connectivity index (χ3v) is 2.82. The highest BCUT2D eigenvalue weighted by Crippen LogP contribution is 2.13. The maximum atomic E-state index is 12.0. The number of nitrogens with one attached hydrogen (secondary N) is 1. The Morgan fingerprint density at radius 3 is 2.63 bits per heavy atom. The number of carbonyl (C=O) groups excluding carboxylic acids is 2. The molecule has 19 heavy (non-hydrogen) atoms. The Balaban J connectivity index is 2.68. The molecule has 0 aliphatic carbocycles. The molecule has 0 heterocycles. The van der Waals surface area contributed by atoms with Crippen LogP contribution in [-0.2, 0) is 9.53 Å². The van der Waals surface area contributed by atoms with Crippen molar-refractivity contribution in [3.63, 3.8) is 0 Å². The molecule has 0 aliphatic heterocycles. The van der Waals surface area contributed by atoms with E-state index in [2.05, 4.69) is 5.32 Å². The average Bonchev–Trinajstić information content (AvgIpc) is 2.38. The molecule has 1 aromatic rings. The molecule has 1 N–H and O–H groups in total. The normalized spacial score (nSPS) is 11.8. The zero-order valence-electron chi connectivity index (χ0n) is 11.9. The lowest BCUT2D eigenvalue weighted by Gasteiger charge is -2.14. The van der Waals surface area contributed by atoms with Gasteiger partial charge in [0, 0.05) is 6.54 Å². The lowest BCUT2D eigenvalue weighted by atomic mass is 10.1. The van der Waals surface area contributed by atoms with Gasteiger partial charge in [-0.05, 0) is 38.8 Å². The fraction of sp³-hybridized carbons (Fsp3) is 0.467. The lowest BCUT2D eigenvalue weighted by Crippen LogP contribution is -2.36. The molecule has 1 amide bonds. The van der Waals surface area contributed by atoms with Crippen LogP contribution in [0.25, 0.3) is 0 Å². The van der Waals surface area contributed by atoms with Crippen LogP contribution in [0.1, 0.15) is 41.8 Å². The maximum Gasteiger partial charge on any atom is 0.339 e.